The Morgan fingerprint density at radius 1 is 1.00 bits per heavy atom. The molecule has 86 valence electrons. The van der Waals surface area contributed by atoms with Crippen molar-refractivity contribution < 1.29 is 9.53 Å². The number of ether oxygens (including phenoxy) is 1. The lowest BCUT2D eigenvalue weighted by atomic mass is 10.1. The number of hydrogen-bond acceptors (Lipinski definition) is 2. The number of carbonyl (C=O) groups excluding carboxylic acids is 1. The van der Waals surface area contributed by atoms with E-state index in [1.165, 1.54) is 0 Å². The van der Waals surface area contributed by atoms with Crippen LogP contribution in [0, 0.1) is 0 Å². The number of hydrogen-bond donors (Lipinski definition) is 1. The van der Waals surface area contributed by atoms with Gasteiger partial charge >= 0.3 is 0 Å². The van der Waals surface area contributed by atoms with E-state index in [-0.39, 0.29) is 12.3 Å². The Morgan fingerprint density at radius 3 is 2.35 bits per heavy atom. The second kappa shape index (κ2) is 5.16. The summed E-state index contributed by atoms with van der Waals surface area (Å²) < 4.78 is 5.70. The van der Waals surface area contributed by atoms with Crippen LogP contribution in [0.5, 0.6) is 11.5 Å². The molecule has 0 aliphatic rings. The number of benzene rings is 2. The maximum absolute atomic E-state index is 10.9. The standard InChI is InChI=1S/C14H13NO2/c15-14(16)10-11-6-4-5-9-13(11)17-12-7-2-1-3-8-12/h1-9H,10H2,(H2,15,16). The summed E-state index contributed by atoms with van der Waals surface area (Å²) in [4.78, 5) is 10.9. The summed E-state index contributed by atoms with van der Waals surface area (Å²) in [5.41, 5.74) is 5.99. The molecule has 2 aromatic carbocycles. The van der Waals surface area contributed by atoms with E-state index in [1.807, 2.05) is 54.6 Å². The van der Waals surface area contributed by atoms with Gasteiger partial charge in [-0.15, -0.1) is 0 Å². The van der Waals surface area contributed by atoms with Gasteiger partial charge in [0.1, 0.15) is 11.5 Å². The van der Waals surface area contributed by atoms with Gasteiger partial charge in [-0.3, -0.25) is 4.79 Å². The second-order valence-corrected chi connectivity index (χ2v) is 3.67. The van der Waals surface area contributed by atoms with Crippen molar-refractivity contribution in [1.29, 1.82) is 0 Å². The first-order valence-corrected chi connectivity index (χ1v) is 5.35. The molecule has 0 bridgehead atoms. The summed E-state index contributed by atoms with van der Waals surface area (Å²) in [5.74, 6) is 1.04. The number of primary amides is 1. The molecular formula is C14H13NO2. The monoisotopic (exact) mass is 227 g/mol. The first-order chi connectivity index (χ1) is 8.25. The van der Waals surface area contributed by atoms with Crippen molar-refractivity contribution in [3.63, 3.8) is 0 Å². The molecule has 17 heavy (non-hydrogen) atoms. The average molecular weight is 227 g/mol. The normalized spacial score (nSPS) is 9.88. The van der Waals surface area contributed by atoms with Crippen molar-refractivity contribution in [1.82, 2.24) is 0 Å². The smallest absolute Gasteiger partial charge is 0.221 e. The highest BCUT2D eigenvalue weighted by molar-refractivity contribution is 5.77. The number of carbonyl (C=O) groups is 1. The van der Waals surface area contributed by atoms with E-state index in [0.29, 0.717) is 5.75 Å². The molecular weight excluding hydrogens is 214 g/mol. The molecule has 0 spiro atoms. The fourth-order valence-electron chi connectivity index (χ4n) is 1.55. The zero-order chi connectivity index (χ0) is 12.1. The second-order valence-electron chi connectivity index (χ2n) is 3.67. The molecule has 0 saturated carbocycles. The maximum atomic E-state index is 10.9. The molecule has 0 saturated heterocycles. The Balaban J connectivity index is 2.23. The first kappa shape index (κ1) is 11.2. The van der Waals surface area contributed by atoms with E-state index in [4.69, 9.17) is 10.5 Å². The molecule has 0 radical (unpaired) electrons. The highest BCUT2D eigenvalue weighted by Gasteiger charge is 2.06. The number of para-hydroxylation sites is 2. The fourth-order valence-corrected chi connectivity index (χ4v) is 1.55. The third kappa shape index (κ3) is 3.08. The zero-order valence-corrected chi connectivity index (χ0v) is 9.30. The fraction of sp³-hybridized carbons (Fsp3) is 0.0714. The molecule has 3 nitrogen and oxygen atoms in total. The molecule has 0 fully saturated rings. The van der Waals surface area contributed by atoms with Crippen LogP contribution in [0.25, 0.3) is 0 Å². The van der Waals surface area contributed by atoms with Crippen LogP contribution in [0.4, 0.5) is 0 Å². The highest BCUT2D eigenvalue weighted by Crippen LogP contribution is 2.25. The van der Waals surface area contributed by atoms with Crippen LogP contribution in [0.3, 0.4) is 0 Å². The van der Waals surface area contributed by atoms with Crippen LogP contribution >= 0.6 is 0 Å². The van der Waals surface area contributed by atoms with Gasteiger partial charge in [-0.25, -0.2) is 0 Å². The molecule has 0 unspecified atom stereocenters. The maximum Gasteiger partial charge on any atom is 0.221 e. The molecule has 2 rings (SSSR count). The molecule has 1 amide bonds. The van der Waals surface area contributed by atoms with Gasteiger partial charge in [-0.1, -0.05) is 36.4 Å². The minimum atomic E-state index is -0.367. The van der Waals surface area contributed by atoms with Crippen molar-refractivity contribution in [3.8, 4) is 11.5 Å². The van der Waals surface area contributed by atoms with E-state index in [1.54, 1.807) is 0 Å². The lowest BCUT2D eigenvalue weighted by molar-refractivity contribution is -0.117. The zero-order valence-electron chi connectivity index (χ0n) is 9.30. The van der Waals surface area contributed by atoms with Crippen LogP contribution in [0.15, 0.2) is 54.6 Å². The largest absolute Gasteiger partial charge is 0.457 e. The highest BCUT2D eigenvalue weighted by atomic mass is 16.5. The lowest BCUT2D eigenvalue weighted by Crippen LogP contribution is -2.14. The molecule has 0 aromatic heterocycles. The number of rotatable bonds is 4. The summed E-state index contributed by atoms with van der Waals surface area (Å²) >= 11 is 0. The van der Waals surface area contributed by atoms with Gasteiger partial charge in [0, 0.05) is 5.56 Å². The quantitative estimate of drug-likeness (QED) is 0.872. The van der Waals surface area contributed by atoms with Crippen LogP contribution in [-0.4, -0.2) is 5.91 Å². The van der Waals surface area contributed by atoms with Gasteiger partial charge in [0.25, 0.3) is 0 Å². The van der Waals surface area contributed by atoms with E-state index in [0.717, 1.165) is 11.3 Å². The van der Waals surface area contributed by atoms with Gasteiger partial charge in [0.15, 0.2) is 0 Å². The van der Waals surface area contributed by atoms with E-state index < -0.39 is 0 Å². The number of amides is 1. The van der Waals surface area contributed by atoms with Gasteiger partial charge in [0.05, 0.1) is 6.42 Å². The Hall–Kier alpha value is -2.29. The minimum absolute atomic E-state index is 0.184. The Bertz CT molecular complexity index is 509. The predicted octanol–water partition coefficient (Wildman–Crippen LogP) is 2.51. The Labute approximate surface area is 99.8 Å². The Morgan fingerprint density at radius 2 is 1.65 bits per heavy atom. The van der Waals surface area contributed by atoms with E-state index in [2.05, 4.69) is 0 Å². The Kier molecular flexibility index (Phi) is 3.40. The van der Waals surface area contributed by atoms with Crippen molar-refractivity contribution in [3.05, 3.63) is 60.2 Å². The lowest BCUT2D eigenvalue weighted by Gasteiger charge is -2.09. The van der Waals surface area contributed by atoms with Crippen molar-refractivity contribution in [2.24, 2.45) is 5.73 Å². The molecule has 2 N–H and O–H groups in total. The summed E-state index contributed by atoms with van der Waals surface area (Å²) in [7, 11) is 0. The van der Waals surface area contributed by atoms with Crippen LogP contribution in [0.1, 0.15) is 5.56 Å². The first-order valence-electron chi connectivity index (χ1n) is 5.35. The predicted molar refractivity (Wildman–Crippen MR) is 65.9 cm³/mol. The van der Waals surface area contributed by atoms with Gasteiger partial charge < -0.3 is 10.5 Å². The molecule has 0 aliphatic carbocycles. The molecule has 2 aromatic rings. The van der Waals surface area contributed by atoms with Gasteiger partial charge in [-0.2, -0.15) is 0 Å². The third-order valence-corrected chi connectivity index (χ3v) is 2.31. The molecule has 0 atom stereocenters. The summed E-state index contributed by atoms with van der Waals surface area (Å²) in [6.45, 7) is 0. The van der Waals surface area contributed by atoms with E-state index >= 15 is 0 Å². The number of nitrogens with two attached hydrogens (primary N) is 1. The summed E-state index contributed by atoms with van der Waals surface area (Å²) in [6.07, 6.45) is 0.184. The summed E-state index contributed by atoms with van der Waals surface area (Å²) in [6, 6.07) is 16.8. The molecule has 0 heterocycles. The SMILES string of the molecule is NC(=O)Cc1ccccc1Oc1ccccc1. The molecule has 0 aliphatic heterocycles. The van der Waals surface area contributed by atoms with E-state index in [9.17, 15) is 4.79 Å². The van der Waals surface area contributed by atoms with Crippen molar-refractivity contribution >= 4 is 5.91 Å². The topological polar surface area (TPSA) is 52.3 Å². The van der Waals surface area contributed by atoms with Crippen molar-refractivity contribution in [2.45, 2.75) is 6.42 Å². The van der Waals surface area contributed by atoms with Crippen LogP contribution < -0.4 is 10.5 Å². The van der Waals surface area contributed by atoms with Crippen LogP contribution in [0.2, 0.25) is 0 Å². The third-order valence-electron chi connectivity index (χ3n) is 2.31. The average Bonchev–Trinajstić information content (AvgIpc) is 2.32. The van der Waals surface area contributed by atoms with Crippen molar-refractivity contribution in [2.75, 3.05) is 0 Å². The van der Waals surface area contributed by atoms with Gasteiger partial charge in [0.2, 0.25) is 5.91 Å². The summed E-state index contributed by atoms with van der Waals surface area (Å²) in [5, 5.41) is 0. The minimum Gasteiger partial charge on any atom is -0.457 e. The van der Waals surface area contributed by atoms with Crippen LogP contribution in [-0.2, 0) is 11.2 Å². The van der Waals surface area contributed by atoms with Gasteiger partial charge in [-0.05, 0) is 18.2 Å². The molecule has 3 heteroatoms.